The van der Waals surface area contributed by atoms with Crippen molar-refractivity contribution in [2.75, 3.05) is 24.5 Å². The number of halogens is 1. The van der Waals surface area contributed by atoms with Gasteiger partial charge in [-0.05, 0) is 43.5 Å². The molecule has 7 nitrogen and oxygen atoms in total. The minimum absolute atomic E-state index is 0. The lowest BCUT2D eigenvalue weighted by Gasteiger charge is -2.21. The van der Waals surface area contributed by atoms with E-state index in [1.807, 2.05) is 36.5 Å². The fraction of sp³-hybridized carbons (Fsp3) is 0.400. The molecular weight excluding hydrogens is 527 g/mol. The van der Waals surface area contributed by atoms with Crippen LogP contribution in [0.25, 0.3) is 11.5 Å². The largest absolute Gasteiger partial charge is 0.444 e. The van der Waals surface area contributed by atoms with Gasteiger partial charge in [0.25, 0.3) is 0 Å². The number of aromatic nitrogens is 2. The molecule has 1 aliphatic heterocycles. The second-order valence-electron chi connectivity index (χ2n) is 7.98. The van der Waals surface area contributed by atoms with Crippen molar-refractivity contribution in [1.82, 2.24) is 20.6 Å². The average Bonchev–Trinajstić information content (AvgIpc) is 3.15. The minimum atomic E-state index is 0. The first-order valence-electron chi connectivity index (χ1n) is 11.5. The fourth-order valence-corrected chi connectivity index (χ4v) is 3.78. The van der Waals surface area contributed by atoms with Gasteiger partial charge in [0.05, 0.1) is 18.8 Å². The standard InChI is InChI=1S/C25H32N6O.HI/c1-2-26-25(29-18-22-19-32-24(30-22)21-10-6-5-7-11-21)28-17-20-12-13-23(27-16-20)31-14-8-3-4-9-15-31;/h5-7,10-13,16,19H,2-4,8-9,14-15,17-18H2,1H3,(H2,26,28,29);1H. The van der Waals surface area contributed by atoms with E-state index in [-0.39, 0.29) is 24.0 Å². The Labute approximate surface area is 213 Å². The lowest BCUT2D eigenvalue weighted by molar-refractivity contribution is 0.572. The molecule has 0 radical (unpaired) electrons. The van der Waals surface area contributed by atoms with Crippen LogP contribution in [0.3, 0.4) is 0 Å². The normalized spacial score (nSPS) is 14.3. The molecule has 1 saturated heterocycles. The highest BCUT2D eigenvalue weighted by Gasteiger charge is 2.11. The second kappa shape index (κ2) is 13.2. The predicted octanol–water partition coefficient (Wildman–Crippen LogP) is 4.99. The summed E-state index contributed by atoms with van der Waals surface area (Å²) in [5, 5.41) is 6.61. The molecular formula is C25H33IN6O. The molecule has 0 aliphatic carbocycles. The molecule has 0 bridgehead atoms. The first-order chi connectivity index (χ1) is 15.8. The third-order valence-corrected chi connectivity index (χ3v) is 5.51. The summed E-state index contributed by atoms with van der Waals surface area (Å²) < 4.78 is 5.62. The van der Waals surface area contributed by atoms with E-state index in [1.165, 1.54) is 25.7 Å². The Kier molecular flexibility index (Phi) is 9.99. The summed E-state index contributed by atoms with van der Waals surface area (Å²) in [5.41, 5.74) is 2.89. The van der Waals surface area contributed by atoms with Crippen molar-refractivity contribution in [2.24, 2.45) is 4.99 Å². The van der Waals surface area contributed by atoms with Gasteiger partial charge >= 0.3 is 0 Å². The van der Waals surface area contributed by atoms with Crippen LogP contribution in [0.4, 0.5) is 5.82 Å². The number of nitrogens with one attached hydrogen (secondary N) is 2. The number of hydrogen-bond donors (Lipinski definition) is 2. The molecule has 3 aromatic rings. The van der Waals surface area contributed by atoms with Crippen LogP contribution < -0.4 is 15.5 Å². The topological polar surface area (TPSA) is 78.6 Å². The third-order valence-electron chi connectivity index (χ3n) is 5.51. The van der Waals surface area contributed by atoms with Crippen molar-refractivity contribution in [1.29, 1.82) is 0 Å². The Morgan fingerprint density at radius 3 is 2.52 bits per heavy atom. The number of hydrogen-bond acceptors (Lipinski definition) is 5. The van der Waals surface area contributed by atoms with E-state index in [2.05, 4.69) is 44.6 Å². The average molecular weight is 560 g/mol. The van der Waals surface area contributed by atoms with Gasteiger partial charge in [0.2, 0.25) is 5.89 Å². The van der Waals surface area contributed by atoms with Gasteiger partial charge in [0.1, 0.15) is 12.1 Å². The Hall–Kier alpha value is -2.62. The summed E-state index contributed by atoms with van der Waals surface area (Å²) in [7, 11) is 0. The van der Waals surface area contributed by atoms with Crippen LogP contribution in [0, 0.1) is 0 Å². The highest BCUT2D eigenvalue weighted by Crippen LogP contribution is 2.19. The smallest absolute Gasteiger partial charge is 0.226 e. The van der Waals surface area contributed by atoms with Crippen molar-refractivity contribution in [3.8, 4) is 11.5 Å². The number of aliphatic imine (C=N–C) groups is 1. The molecule has 0 unspecified atom stereocenters. The van der Waals surface area contributed by atoms with Crippen molar-refractivity contribution in [2.45, 2.75) is 45.7 Å². The molecule has 0 amide bonds. The van der Waals surface area contributed by atoms with Gasteiger partial charge in [0, 0.05) is 31.4 Å². The van der Waals surface area contributed by atoms with Crippen molar-refractivity contribution in [3.05, 3.63) is 66.2 Å². The number of oxazole rings is 1. The van der Waals surface area contributed by atoms with Crippen LogP contribution in [0.5, 0.6) is 0 Å². The molecule has 176 valence electrons. The molecule has 2 N–H and O–H groups in total. The number of benzene rings is 1. The van der Waals surface area contributed by atoms with Crippen molar-refractivity contribution >= 4 is 35.8 Å². The van der Waals surface area contributed by atoms with E-state index in [4.69, 9.17) is 9.41 Å². The third kappa shape index (κ3) is 7.45. The first-order valence-corrected chi connectivity index (χ1v) is 11.5. The zero-order valence-electron chi connectivity index (χ0n) is 19.2. The van der Waals surface area contributed by atoms with Crippen LogP contribution >= 0.6 is 24.0 Å². The summed E-state index contributed by atoms with van der Waals surface area (Å²) in [6.07, 6.45) is 8.78. The minimum Gasteiger partial charge on any atom is -0.444 e. The Morgan fingerprint density at radius 2 is 1.82 bits per heavy atom. The van der Waals surface area contributed by atoms with Gasteiger partial charge in [0.15, 0.2) is 5.96 Å². The fourth-order valence-electron chi connectivity index (χ4n) is 3.78. The molecule has 1 aliphatic rings. The lowest BCUT2D eigenvalue weighted by Crippen LogP contribution is -2.36. The quantitative estimate of drug-likeness (QED) is 0.241. The van der Waals surface area contributed by atoms with E-state index in [0.717, 1.165) is 48.2 Å². The molecule has 0 spiro atoms. The van der Waals surface area contributed by atoms with Crippen LogP contribution in [-0.4, -0.2) is 35.6 Å². The number of rotatable bonds is 7. The predicted molar refractivity (Wildman–Crippen MR) is 144 cm³/mol. The van der Waals surface area contributed by atoms with Gasteiger partial charge in [-0.25, -0.2) is 15.0 Å². The summed E-state index contributed by atoms with van der Waals surface area (Å²) in [6, 6.07) is 14.2. The summed E-state index contributed by atoms with van der Waals surface area (Å²) in [4.78, 5) is 16.4. The van der Waals surface area contributed by atoms with Gasteiger partial charge in [-0.1, -0.05) is 37.1 Å². The summed E-state index contributed by atoms with van der Waals surface area (Å²) >= 11 is 0. The molecule has 1 aromatic carbocycles. The van der Waals surface area contributed by atoms with E-state index >= 15 is 0 Å². The number of nitrogens with zero attached hydrogens (tertiary/aromatic N) is 4. The second-order valence-corrected chi connectivity index (χ2v) is 7.98. The van der Waals surface area contributed by atoms with Gasteiger partial charge in [-0.15, -0.1) is 24.0 Å². The summed E-state index contributed by atoms with van der Waals surface area (Å²) in [5.74, 6) is 2.44. The maximum atomic E-state index is 5.62. The monoisotopic (exact) mass is 560 g/mol. The van der Waals surface area contributed by atoms with Crippen LogP contribution in [-0.2, 0) is 13.1 Å². The highest BCUT2D eigenvalue weighted by atomic mass is 127. The van der Waals surface area contributed by atoms with Crippen LogP contribution in [0.15, 0.2) is 64.3 Å². The molecule has 0 atom stereocenters. The highest BCUT2D eigenvalue weighted by molar-refractivity contribution is 14.0. The lowest BCUT2D eigenvalue weighted by atomic mass is 10.2. The zero-order chi connectivity index (χ0) is 22.0. The van der Waals surface area contributed by atoms with Gasteiger partial charge in [-0.2, -0.15) is 0 Å². The molecule has 8 heteroatoms. The molecule has 33 heavy (non-hydrogen) atoms. The number of anilines is 1. The first kappa shape index (κ1) is 25.0. The summed E-state index contributed by atoms with van der Waals surface area (Å²) in [6.45, 7) is 6.15. The van der Waals surface area contributed by atoms with Gasteiger partial charge < -0.3 is 20.0 Å². The van der Waals surface area contributed by atoms with Gasteiger partial charge in [-0.3, -0.25) is 0 Å². The maximum absolute atomic E-state index is 5.62. The SMILES string of the molecule is CCNC(=NCc1ccc(N2CCCCCC2)nc1)NCc1coc(-c2ccccc2)n1.I. The van der Waals surface area contributed by atoms with E-state index < -0.39 is 0 Å². The Bertz CT molecular complexity index is 982. The zero-order valence-corrected chi connectivity index (χ0v) is 21.5. The number of guanidine groups is 1. The van der Waals surface area contributed by atoms with E-state index in [0.29, 0.717) is 19.0 Å². The molecule has 3 heterocycles. The molecule has 2 aromatic heterocycles. The van der Waals surface area contributed by atoms with Crippen LogP contribution in [0.1, 0.15) is 43.9 Å². The Morgan fingerprint density at radius 1 is 1.03 bits per heavy atom. The van der Waals surface area contributed by atoms with E-state index in [1.54, 1.807) is 6.26 Å². The van der Waals surface area contributed by atoms with E-state index in [9.17, 15) is 0 Å². The molecule has 0 saturated carbocycles. The maximum Gasteiger partial charge on any atom is 0.226 e. The number of pyridine rings is 1. The van der Waals surface area contributed by atoms with Crippen LogP contribution in [0.2, 0.25) is 0 Å². The van der Waals surface area contributed by atoms with Crippen molar-refractivity contribution < 1.29 is 4.42 Å². The molecule has 4 rings (SSSR count). The Balaban J connectivity index is 0.00000306. The van der Waals surface area contributed by atoms with Crippen molar-refractivity contribution in [3.63, 3.8) is 0 Å². The molecule has 1 fully saturated rings.